The second kappa shape index (κ2) is 9.27. The second-order valence-electron chi connectivity index (χ2n) is 9.12. The molecule has 0 spiro atoms. The van der Waals surface area contributed by atoms with E-state index >= 15 is 0 Å². The fourth-order valence-electron chi connectivity index (χ4n) is 4.69. The number of imide groups is 1. The topological polar surface area (TPSA) is 43.9 Å². The largest absolute Gasteiger partial charge is 0.364 e. The Bertz CT molecular complexity index is 1220. The van der Waals surface area contributed by atoms with Crippen molar-refractivity contribution in [3.8, 4) is 0 Å². The number of anilines is 1. The first-order valence-electron chi connectivity index (χ1n) is 11.8. The lowest BCUT2D eigenvalue weighted by Gasteiger charge is -2.36. The van der Waals surface area contributed by atoms with Gasteiger partial charge in [0.15, 0.2) is 0 Å². The number of aryl methyl sites for hydroxylation is 2. The fraction of sp³-hybridized carbons (Fsp3) is 0.241. The van der Waals surface area contributed by atoms with E-state index in [1.54, 1.807) is 0 Å². The Morgan fingerprint density at radius 1 is 0.676 bits per heavy atom. The molecule has 5 heteroatoms. The minimum Gasteiger partial charge on any atom is -0.364 e. The molecule has 5 rings (SSSR count). The Morgan fingerprint density at radius 2 is 1.26 bits per heavy atom. The standard InChI is InChI=1S/C29H29N3O2/c1-21-8-12-24(13-9-21)26-27(29(34)32(28(26)33)25-14-10-22(2)11-15-25)31-18-16-30(17-19-31)20-23-6-4-3-5-7-23/h3-15H,16-20H2,1-2H3. The van der Waals surface area contributed by atoms with Crippen molar-refractivity contribution >= 4 is 23.1 Å². The molecule has 172 valence electrons. The minimum atomic E-state index is -0.251. The summed E-state index contributed by atoms with van der Waals surface area (Å²) < 4.78 is 0. The fourth-order valence-corrected chi connectivity index (χ4v) is 4.69. The average molecular weight is 452 g/mol. The molecule has 0 bridgehead atoms. The molecule has 0 radical (unpaired) electrons. The van der Waals surface area contributed by atoms with Crippen molar-refractivity contribution in [2.75, 3.05) is 31.1 Å². The van der Waals surface area contributed by atoms with Crippen molar-refractivity contribution in [2.45, 2.75) is 20.4 Å². The Hall–Kier alpha value is -3.70. The highest BCUT2D eigenvalue weighted by Gasteiger charge is 2.43. The van der Waals surface area contributed by atoms with E-state index in [1.807, 2.05) is 68.4 Å². The molecule has 0 unspecified atom stereocenters. The molecule has 2 heterocycles. The summed E-state index contributed by atoms with van der Waals surface area (Å²) in [5.74, 6) is -0.486. The van der Waals surface area contributed by atoms with Crippen molar-refractivity contribution in [3.63, 3.8) is 0 Å². The van der Waals surface area contributed by atoms with Crippen LogP contribution in [0.3, 0.4) is 0 Å². The van der Waals surface area contributed by atoms with Crippen LogP contribution >= 0.6 is 0 Å². The Kier molecular flexibility index (Phi) is 6.03. The smallest absolute Gasteiger partial charge is 0.282 e. The maximum absolute atomic E-state index is 13.7. The van der Waals surface area contributed by atoms with Gasteiger partial charge in [-0.05, 0) is 37.1 Å². The number of hydrogen-bond acceptors (Lipinski definition) is 4. The molecule has 3 aromatic rings. The molecule has 1 fully saturated rings. The van der Waals surface area contributed by atoms with Gasteiger partial charge in [-0.2, -0.15) is 0 Å². The van der Waals surface area contributed by atoms with Gasteiger partial charge in [0.2, 0.25) is 0 Å². The third kappa shape index (κ3) is 4.27. The first kappa shape index (κ1) is 22.1. The molecule has 2 amide bonds. The van der Waals surface area contributed by atoms with Gasteiger partial charge < -0.3 is 4.90 Å². The Balaban J connectivity index is 1.44. The Labute approximate surface area is 200 Å². The molecule has 2 aliphatic heterocycles. The van der Waals surface area contributed by atoms with Gasteiger partial charge in [-0.15, -0.1) is 0 Å². The molecule has 3 aromatic carbocycles. The van der Waals surface area contributed by atoms with Crippen LogP contribution in [0, 0.1) is 13.8 Å². The number of rotatable bonds is 5. The summed E-state index contributed by atoms with van der Waals surface area (Å²) in [5.41, 5.74) is 5.92. The summed E-state index contributed by atoms with van der Waals surface area (Å²) in [5, 5.41) is 0. The molecule has 1 saturated heterocycles. The molecule has 2 aliphatic rings. The van der Waals surface area contributed by atoms with Gasteiger partial charge in [0.1, 0.15) is 5.70 Å². The highest BCUT2D eigenvalue weighted by atomic mass is 16.2. The third-order valence-corrected chi connectivity index (χ3v) is 6.63. The predicted octanol–water partition coefficient (Wildman–Crippen LogP) is 4.41. The lowest BCUT2D eigenvalue weighted by Crippen LogP contribution is -2.47. The van der Waals surface area contributed by atoms with E-state index in [0.717, 1.165) is 36.3 Å². The van der Waals surface area contributed by atoms with Crippen LogP contribution in [0.15, 0.2) is 84.6 Å². The van der Waals surface area contributed by atoms with E-state index in [4.69, 9.17) is 0 Å². The zero-order chi connectivity index (χ0) is 23.7. The van der Waals surface area contributed by atoms with Gasteiger partial charge in [-0.25, -0.2) is 4.90 Å². The van der Waals surface area contributed by atoms with Gasteiger partial charge in [0.25, 0.3) is 11.8 Å². The summed E-state index contributed by atoms with van der Waals surface area (Å²) in [6.45, 7) is 7.99. The number of carbonyl (C=O) groups excluding carboxylic acids is 2. The third-order valence-electron chi connectivity index (χ3n) is 6.63. The molecular formula is C29H29N3O2. The van der Waals surface area contributed by atoms with Crippen LogP contribution in [-0.2, 0) is 16.1 Å². The summed E-state index contributed by atoms with van der Waals surface area (Å²) >= 11 is 0. The molecule has 0 aliphatic carbocycles. The monoisotopic (exact) mass is 451 g/mol. The molecular weight excluding hydrogens is 422 g/mol. The van der Waals surface area contributed by atoms with Crippen LogP contribution in [0.25, 0.3) is 5.57 Å². The van der Waals surface area contributed by atoms with Gasteiger partial charge >= 0.3 is 0 Å². The van der Waals surface area contributed by atoms with E-state index in [-0.39, 0.29) is 11.8 Å². The molecule has 0 saturated carbocycles. The van der Waals surface area contributed by atoms with Gasteiger partial charge in [0, 0.05) is 32.7 Å². The van der Waals surface area contributed by atoms with Crippen molar-refractivity contribution < 1.29 is 9.59 Å². The summed E-state index contributed by atoms with van der Waals surface area (Å²) in [6.07, 6.45) is 0. The van der Waals surface area contributed by atoms with E-state index in [1.165, 1.54) is 10.5 Å². The summed E-state index contributed by atoms with van der Waals surface area (Å²) in [6, 6.07) is 25.9. The number of carbonyl (C=O) groups is 2. The number of hydrogen-bond donors (Lipinski definition) is 0. The van der Waals surface area contributed by atoms with Crippen molar-refractivity contribution in [2.24, 2.45) is 0 Å². The number of amides is 2. The van der Waals surface area contributed by atoms with Crippen LogP contribution in [0.4, 0.5) is 5.69 Å². The average Bonchev–Trinajstić information content (AvgIpc) is 3.11. The second-order valence-corrected chi connectivity index (χ2v) is 9.12. The minimum absolute atomic E-state index is 0.235. The van der Waals surface area contributed by atoms with Crippen LogP contribution in [0.1, 0.15) is 22.3 Å². The Morgan fingerprint density at radius 3 is 1.88 bits per heavy atom. The van der Waals surface area contributed by atoms with E-state index in [2.05, 4.69) is 34.1 Å². The molecule has 5 nitrogen and oxygen atoms in total. The zero-order valence-electron chi connectivity index (χ0n) is 19.7. The van der Waals surface area contributed by atoms with Gasteiger partial charge in [-0.3, -0.25) is 14.5 Å². The zero-order valence-corrected chi connectivity index (χ0v) is 19.7. The lowest BCUT2D eigenvalue weighted by molar-refractivity contribution is -0.120. The number of piperazine rings is 1. The molecule has 0 atom stereocenters. The van der Waals surface area contributed by atoms with E-state index < -0.39 is 0 Å². The summed E-state index contributed by atoms with van der Waals surface area (Å²) in [7, 11) is 0. The van der Waals surface area contributed by atoms with Crippen molar-refractivity contribution in [3.05, 3.63) is 107 Å². The van der Waals surface area contributed by atoms with Gasteiger partial charge in [0.05, 0.1) is 11.3 Å². The predicted molar refractivity (Wildman–Crippen MR) is 135 cm³/mol. The lowest BCUT2D eigenvalue weighted by atomic mass is 10.0. The maximum atomic E-state index is 13.7. The summed E-state index contributed by atoms with van der Waals surface area (Å²) in [4.78, 5) is 33.2. The number of nitrogens with zero attached hydrogens (tertiary/aromatic N) is 3. The number of benzene rings is 3. The van der Waals surface area contributed by atoms with Crippen molar-refractivity contribution in [1.29, 1.82) is 0 Å². The highest BCUT2D eigenvalue weighted by Crippen LogP contribution is 2.35. The van der Waals surface area contributed by atoms with Crippen LogP contribution in [-0.4, -0.2) is 47.8 Å². The molecule has 0 aromatic heterocycles. The quantitative estimate of drug-likeness (QED) is 0.539. The first-order valence-corrected chi connectivity index (χ1v) is 11.8. The molecule has 34 heavy (non-hydrogen) atoms. The van der Waals surface area contributed by atoms with Gasteiger partial charge in [-0.1, -0.05) is 77.9 Å². The van der Waals surface area contributed by atoms with Crippen molar-refractivity contribution in [1.82, 2.24) is 9.80 Å². The van der Waals surface area contributed by atoms with E-state index in [0.29, 0.717) is 30.0 Å². The van der Waals surface area contributed by atoms with Crippen LogP contribution in [0.2, 0.25) is 0 Å². The molecule has 0 N–H and O–H groups in total. The normalized spacial score (nSPS) is 17.1. The SMILES string of the molecule is Cc1ccc(C2=C(N3CCN(Cc4ccccc4)CC3)C(=O)N(c3ccc(C)cc3)C2=O)cc1. The van der Waals surface area contributed by atoms with E-state index in [9.17, 15) is 9.59 Å². The van der Waals surface area contributed by atoms with Crippen LogP contribution < -0.4 is 4.90 Å². The highest BCUT2D eigenvalue weighted by molar-refractivity contribution is 6.45. The van der Waals surface area contributed by atoms with Crippen LogP contribution in [0.5, 0.6) is 0 Å². The first-order chi connectivity index (χ1) is 16.5. The maximum Gasteiger partial charge on any atom is 0.282 e.